The molecule has 9 heteroatoms. The van der Waals surface area contributed by atoms with Crippen molar-refractivity contribution in [1.29, 1.82) is 0 Å². The van der Waals surface area contributed by atoms with Gasteiger partial charge >= 0.3 is 0 Å². The van der Waals surface area contributed by atoms with Crippen LogP contribution in [0.15, 0.2) is 118 Å². The topological polar surface area (TPSA) is 99.8 Å². The number of allylic oxidation sites excluding steroid dienone is 1. The molecule has 0 aliphatic carbocycles. The van der Waals surface area contributed by atoms with E-state index in [9.17, 15) is 4.79 Å². The maximum absolute atomic E-state index is 12.8. The van der Waals surface area contributed by atoms with Crippen molar-refractivity contribution in [2.24, 2.45) is 0 Å². The van der Waals surface area contributed by atoms with E-state index >= 15 is 0 Å². The monoisotopic (exact) mass is 621 g/mol. The van der Waals surface area contributed by atoms with E-state index in [1.165, 1.54) is 11.8 Å². The summed E-state index contributed by atoms with van der Waals surface area (Å²) in [6, 6.07) is 29.3. The summed E-state index contributed by atoms with van der Waals surface area (Å²) >= 11 is 4.71. The Morgan fingerprint density at radius 2 is 1.66 bits per heavy atom. The Balaban J connectivity index is 1.43. The number of anilines is 1. The van der Waals surface area contributed by atoms with Crippen molar-refractivity contribution in [3.63, 3.8) is 0 Å². The molecular weight excluding hydrogens is 598 g/mol. The summed E-state index contributed by atoms with van der Waals surface area (Å²) in [7, 11) is 0. The molecule has 3 heterocycles. The highest BCUT2D eigenvalue weighted by Crippen LogP contribution is 2.42. The minimum absolute atomic E-state index is 0.00871. The molecule has 0 aliphatic rings. The molecule has 0 saturated heterocycles. The fourth-order valence-corrected chi connectivity index (χ4v) is 5.70. The lowest BCUT2D eigenvalue weighted by molar-refractivity contribution is 0.102. The summed E-state index contributed by atoms with van der Waals surface area (Å²) < 4.78 is 9.11. The molecule has 6 rings (SSSR count). The van der Waals surface area contributed by atoms with Gasteiger partial charge in [0, 0.05) is 22.1 Å². The molecule has 0 unspecified atom stereocenters. The molecule has 6 aromatic rings. The molecule has 0 spiro atoms. The van der Waals surface area contributed by atoms with E-state index in [0.29, 0.717) is 45.6 Å². The van der Waals surface area contributed by atoms with Crippen LogP contribution in [-0.2, 0) is 6.54 Å². The number of thioether (sulfide) groups is 1. The molecule has 3 aromatic carbocycles. The number of furan rings is 1. The fraction of sp³-hybridized carbons (Fsp3) is 0.0625. The van der Waals surface area contributed by atoms with Crippen molar-refractivity contribution in [2.45, 2.75) is 11.7 Å². The molecule has 0 fully saturated rings. The van der Waals surface area contributed by atoms with E-state index in [4.69, 9.17) is 15.1 Å². The van der Waals surface area contributed by atoms with Gasteiger partial charge in [-0.1, -0.05) is 107 Å². The van der Waals surface area contributed by atoms with Crippen molar-refractivity contribution >= 4 is 50.3 Å². The first-order chi connectivity index (χ1) is 20.0. The quantitative estimate of drug-likeness (QED) is 0.0993. The Labute approximate surface area is 249 Å². The smallest absolute Gasteiger partial charge is 0.230 e. The lowest BCUT2D eigenvalue weighted by Crippen LogP contribution is -2.05. The van der Waals surface area contributed by atoms with Crippen molar-refractivity contribution in [1.82, 2.24) is 19.7 Å². The number of carbonyl (C=O) groups excluding carboxylic acids is 1. The minimum atomic E-state index is -0.00871. The first-order valence-electron chi connectivity index (χ1n) is 12.8. The van der Waals surface area contributed by atoms with Crippen molar-refractivity contribution < 1.29 is 9.21 Å². The standard InChI is InChI=1S/C32H24BrN5O2S/c1-2-17-38-30(36-37-32(38)41-19-26(39)22-13-15-23(33)16-14-22)29-28(34)27-24(20-9-5-3-6-10-20)18-25(35-31(27)40-29)21-11-7-4-8-12-21/h2-16,18H,1,17,19,34H2. The number of aromatic nitrogens is 4. The van der Waals surface area contributed by atoms with Crippen molar-refractivity contribution in [3.8, 4) is 34.0 Å². The number of nitrogens with two attached hydrogens (primary N) is 1. The molecule has 0 radical (unpaired) electrons. The molecule has 7 nitrogen and oxygen atoms in total. The second-order valence-electron chi connectivity index (χ2n) is 9.24. The van der Waals surface area contributed by atoms with Crippen molar-refractivity contribution in [3.05, 3.63) is 114 Å². The summed E-state index contributed by atoms with van der Waals surface area (Å²) in [6.07, 6.45) is 1.74. The number of halogens is 1. The Hall–Kier alpha value is -4.47. The number of hydrogen-bond donors (Lipinski definition) is 1. The Morgan fingerprint density at radius 3 is 2.34 bits per heavy atom. The second kappa shape index (κ2) is 11.6. The molecule has 202 valence electrons. The van der Waals surface area contributed by atoms with Crippen LogP contribution in [0.2, 0.25) is 0 Å². The summed E-state index contributed by atoms with van der Waals surface area (Å²) in [5.41, 5.74) is 11.9. The average Bonchev–Trinajstić information content (AvgIpc) is 3.56. The van der Waals surface area contributed by atoms with Crippen LogP contribution in [-0.4, -0.2) is 31.3 Å². The van der Waals surface area contributed by atoms with Crippen LogP contribution in [0.4, 0.5) is 5.69 Å². The predicted octanol–water partition coefficient (Wildman–Crippen LogP) is 7.93. The number of ketones is 1. The summed E-state index contributed by atoms with van der Waals surface area (Å²) in [6.45, 7) is 4.30. The van der Waals surface area contributed by atoms with Crippen LogP contribution in [0, 0.1) is 0 Å². The third-order valence-corrected chi connectivity index (χ3v) is 8.08. The summed E-state index contributed by atoms with van der Waals surface area (Å²) in [5.74, 6) is 1.01. The largest absolute Gasteiger partial charge is 0.432 e. The summed E-state index contributed by atoms with van der Waals surface area (Å²) in [4.78, 5) is 17.7. The highest BCUT2D eigenvalue weighted by molar-refractivity contribution is 9.10. The number of nitrogens with zero attached hydrogens (tertiary/aromatic N) is 4. The zero-order chi connectivity index (χ0) is 28.3. The number of hydrogen-bond acceptors (Lipinski definition) is 7. The molecule has 0 saturated carbocycles. The second-order valence-corrected chi connectivity index (χ2v) is 11.1. The van der Waals surface area contributed by atoms with E-state index in [1.807, 2.05) is 83.4 Å². The highest BCUT2D eigenvalue weighted by atomic mass is 79.9. The van der Waals surface area contributed by atoms with Gasteiger partial charge in [0.15, 0.2) is 16.7 Å². The van der Waals surface area contributed by atoms with Crippen LogP contribution in [0.1, 0.15) is 10.4 Å². The molecule has 41 heavy (non-hydrogen) atoms. The van der Waals surface area contributed by atoms with Crippen molar-refractivity contribution in [2.75, 3.05) is 11.5 Å². The Bertz CT molecular complexity index is 1870. The number of fused-ring (bicyclic) bond motifs is 1. The molecule has 0 amide bonds. The van der Waals surface area contributed by atoms with Gasteiger partial charge in [-0.15, -0.1) is 16.8 Å². The van der Waals surface area contributed by atoms with E-state index < -0.39 is 0 Å². The zero-order valence-corrected chi connectivity index (χ0v) is 24.2. The number of carbonyl (C=O) groups is 1. The third-order valence-electron chi connectivity index (χ3n) is 6.58. The Morgan fingerprint density at radius 1 is 0.976 bits per heavy atom. The maximum Gasteiger partial charge on any atom is 0.230 e. The van der Waals surface area contributed by atoms with Gasteiger partial charge in [-0.2, -0.15) is 0 Å². The number of benzene rings is 3. The number of pyridine rings is 1. The molecule has 3 aromatic heterocycles. The van der Waals surface area contributed by atoms with Gasteiger partial charge in [0.25, 0.3) is 0 Å². The minimum Gasteiger partial charge on any atom is -0.432 e. The van der Waals surface area contributed by atoms with Crippen LogP contribution >= 0.6 is 27.7 Å². The number of Topliss-reactive ketones (excluding diaryl/α,β-unsaturated/α-hetero) is 1. The lowest BCUT2D eigenvalue weighted by atomic mass is 9.99. The van der Waals surface area contributed by atoms with E-state index in [2.05, 4.69) is 32.7 Å². The van der Waals surface area contributed by atoms with Gasteiger partial charge in [-0.3, -0.25) is 9.36 Å². The van der Waals surface area contributed by atoms with Crippen LogP contribution in [0.3, 0.4) is 0 Å². The van der Waals surface area contributed by atoms with Gasteiger partial charge in [-0.05, 0) is 29.3 Å². The fourth-order valence-electron chi connectivity index (χ4n) is 4.60. The van der Waals surface area contributed by atoms with Crippen LogP contribution in [0.25, 0.3) is 45.1 Å². The van der Waals surface area contributed by atoms with E-state index in [0.717, 1.165) is 26.9 Å². The average molecular weight is 623 g/mol. The normalized spacial score (nSPS) is 11.1. The van der Waals surface area contributed by atoms with Gasteiger partial charge in [0.2, 0.25) is 11.5 Å². The molecule has 2 N–H and O–H groups in total. The lowest BCUT2D eigenvalue weighted by Gasteiger charge is -2.08. The SMILES string of the molecule is C=CCn1c(SCC(=O)c2ccc(Br)cc2)nnc1-c1oc2nc(-c3ccccc3)cc(-c3ccccc3)c2c1N. The highest BCUT2D eigenvalue weighted by Gasteiger charge is 2.25. The first kappa shape index (κ1) is 26.7. The molecular formula is C32H24BrN5O2S. The molecule has 0 aliphatic heterocycles. The number of nitrogen functional groups attached to an aromatic ring is 1. The van der Waals surface area contributed by atoms with E-state index in [1.54, 1.807) is 18.2 Å². The Kier molecular flexibility index (Phi) is 7.54. The molecule has 0 atom stereocenters. The zero-order valence-electron chi connectivity index (χ0n) is 21.8. The number of rotatable bonds is 9. The van der Waals surface area contributed by atoms with Crippen LogP contribution in [0.5, 0.6) is 0 Å². The van der Waals surface area contributed by atoms with Gasteiger partial charge in [-0.25, -0.2) is 4.98 Å². The maximum atomic E-state index is 12.8. The molecule has 0 bridgehead atoms. The van der Waals surface area contributed by atoms with Crippen LogP contribution < -0.4 is 5.73 Å². The van der Waals surface area contributed by atoms with Gasteiger partial charge < -0.3 is 10.2 Å². The first-order valence-corrected chi connectivity index (χ1v) is 14.6. The van der Waals surface area contributed by atoms with E-state index in [-0.39, 0.29) is 11.5 Å². The predicted molar refractivity (Wildman–Crippen MR) is 168 cm³/mol. The summed E-state index contributed by atoms with van der Waals surface area (Å²) in [5, 5.41) is 10.1. The van der Waals surface area contributed by atoms with Gasteiger partial charge in [0.1, 0.15) is 0 Å². The third kappa shape index (κ3) is 5.33. The van der Waals surface area contributed by atoms with Gasteiger partial charge in [0.05, 0.1) is 22.5 Å².